The van der Waals surface area contributed by atoms with Crippen molar-refractivity contribution in [3.05, 3.63) is 77.1 Å². The maximum Gasteiger partial charge on any atom is 0.258 e. The lowest BCUT2D eigenvalue weighted by Crippen LogP contribution is -2.36. The summed E-state index contributed by atoms with van der Waals surface area (Å²) >= 11 is 0. The summed E-state index contributed by atoms with van der Waals surface area (Å²) in [7, 11) is 4.51. The fraction of sp³-hybridized carbons (Fsp3) is 0.240. The maximum absolute atomic E-state index is 13.1. The van der Waals surface area contributed by atoms with Crippen LogP contribution in [0.4, 0.5) is 5.69 Å². The molecule has 8 nitrogen and oxygen atoms in total. The van der Waals surface area contributed by atoms with Gasteiger partial charge in [-0.1, -0.05) is 12.1 Å². The molecular weight excluding hydrogens is 420 g/mol. The second kappa shape index (κ2) is 11.0. The van der Waals surface area contributed by atoms with Crippen LogP contribution >= 0.6 is 0 Å². The molecule has 0 aliphatic carbocycles. The average Bonchev–Trinajstić information content (AvgIpc) is 2.84. The van der Waals surface area contributed by atoms with Crippen molar-refractivity contribution in [2.45, 2.75) is 20.4 Å². The number of methoxy groups -OCH3 is 3. The van der Waals surface area contributed by atoms with Gasteiger partial charge in [0.15, 0.2) is 11.5 Å². The van der Waals surface area contributed by atoms with E-state index in [1.807, 2.05) is 44.2 Å². The largest absolute Gasteiger partial charge is 0.493 e. The Morgan fingerprint density at radius 3 is 2.27 bits per heavy atom. The first kappa shape index (κ1) is 23.6. The number of rotatable bonds is 7. The SMILES string of the molecule is COc1cc(C(=O)NC(=NCc2cccnc2)Nc2ccc(C)c(C)c2)cc(OC)c1OC. The van der Waals surface area contributed by atoms with Crippen molar-refractivity contribution in [3.8, 4) is 17.2 Å². The minimum absolute atomic E-state index is 0.306. The van der Waals surface area contributed by atoms with Crippen molar-refractivity contribution in [1.82, 2.24) is 10.3 Å². The van der Waals surface area contributed by atoms with Crippen molar-refractivity contribution in [2.75, 3.05) is 26.6 Å². The molecule has 172 valence electrons. The van der Waals surface area contributed by atoms with Crippen LogP contribution < -0.4 is 24.8 Å². The van der Waals surface area contributed by atoms with Crippen molar-refractivity contribution in [1.29, 1.82) is 0 Å². The molecule has 0 atom stereocenters. The van der Waals surface area contributed by atoms with Crippen molar-refractivity contribution in [2.24, 2.45) is 4.99 Å². The van der Waals surface area contributed by atoms with Gasteiger partial charge in [0, 0.05) is 23.6 Å². The van der Waals surface area contributed by atoms with Crippen molar-refractivity contribution in [3.63, 3.8) is 0 Å². The van der Waals surface area contributed by atoms with Crippen molar-refractivity contribution < 1.29 is 19.0 Å². The molecular formula is C25H28N4O4. The maximum atomic E-state index is 13.1. The number of aliphatic imine (C=N–C) groups is 1. The standard InChI is InChI=1S/C25H28N4O4/c1-16-8-9-20(11-17(16)2)28-25(27-15-18-7-6-10-26-14-18)29-24(30)19-12-21(31-3)23(33-5)22(13-19)32-4/h6-14H,15H2,1-5H3,(H2,27,28,29,30). The third-order valence-corrected chi connectivity index (χ3v) is 5.07. The Morgan fingerprint density at radius 2 is 1.70 bits per heavy atom. The van der Waals surface area contributed by atoms with Gasteiger partial charge in [-0.15, -0.1) is 0 Å². The van der Waals surface area contributed by atoms with E-state index in [4.69, 9.17) is 14.2 Å². The summed E-state index contributed by atoms with van der Waals surface area (Å²) < 4.78 is 16.1. The zero-order chi connectivity index (χ0) is 23.8. The number of amides is 1. The number of carbonyl (C=O) groups is 1. The van der Waals surface area contributed by atoms with E-state index in [1.54, 1.807) is 24.5 Å². The number of anilines is 1. The Labute approximate surface area is 193 Å². The van der Waals surface area contributed by atoms with Gasteiger partial charge in [-0.2, -0.15) is 0 Å². The van der Waals surface area contributed by atoms with E-state index in [9.17, 15) is 4.79 Å². The number of nitrogens with one attached hydrogen (secondary N) is 2. The number of ether oxygens (including phenoxy) is 3. The highest BCUT2D eigenvalue weighted by atomic mass is 16.5. The zero-order valence-electron chi connectivity index (χ0n) is 19.4. The Bertz CT molecular complexity index is 1120. The second-order valence-corrected chi connectivity index (χ2v) is 7.32. The number of guanidine groups is 1. The fourth-order valence-corrected chi connectivity index (χ4v) is 3.12. The summed E-state index contributed by atoms with van der Waals surface area (Å²) in [5.74, 6) is 1.11. The number of hydrogen-bond acceptors (Lipinski definition) is 6. The predicted octanol–water partition coefficient (Wildman–Crippen LogP) is 4.12. The van der Waals surface area contributed by atoms with Crippen LogP contribution in [0.1, 0.15) is 27.0 Å². The van der Waals surface area contributed by atoms with Crippen LogP contribution in [0.2, 0.25) is 0 Å². The molecule has 0 saturated heterocycles. The molecule has 1 aromatic heterocycles. The first-order chi connectivity index (χ1) is 15.9. The van der Waals surface area contributed by atoms with E-state index >= 15 is 0 Å². The summed E-state index contributed by atoms with van der Waals surface area (Å²) in [6.07, 6.45) is 3.44. The number of aryl methyl sites for hydroxylation is 2. The molecule has 3 rings (SSSR count). The molecule has 0 aliphatic rings. The van der Waals surface area contributed by atoms with E-state index in [0.29, 0.717) is 35.3 Å². The van der Waals surface area contributed by atoms with Crippen LogP contribution in [0, 0.1) is 13.8 Å². The summed E-state index contributed by atoms with van der Waals surface area (Å²) in [6, 6.07) is 12.9. The highest BCUT2D eigenvalue weighted by molar-refractivity contribution is 6.10. The molecule has 0 saturated carbocycles. The lowest BCUT2D eigenvalue weighted by atomic mass is 10.1. The first-order valence-electron chi connectivity index (χ1n) is 10.3. The highest BCUT2D eigenvalue weighted by Crippen LogP contribution is 2.38. The Morgan fingerprint density at radius 1 is 0.970 bits per heavy atom. The molecule has 0 bridgehead atoms. The summed E-state index contributed by atoms with van der Waals surface area (Å²) in [5.41, 5.74) is 4.37. The monoisotopic (exact) mass is 448 g/mol. The lowest BCUT2D eigenvalue weighted by molar-refractivity contribution is 0.0976. The summed E-state index contributed by atoms with van der Waals surface area (Å²) in [4.78, 5) is 21.8. The van der Waals surface area contributed by atoms with E-state index in [-0.39, 0.29) is 5.91 Å². The molecule has 3 aromatic rings. The third-order valence-electron chi connectivity index (χ3n) is 5.07. The molecule has 33 heavy (non-hydrogen) atoms. The number of pyridine rings is 1. The van der Waals surface area contributed by atoms with Gasteiger partial charge >= 0.3 is 0 Å². The minimum Gasteiger partial charge on any atom is -0.493 e. The number of carbonyl (C=O) groups excluding carboxylic acids is 1. The smallest absolute Gasteiger partial charge is 0.258 e. The third kappa shape index (κ3) is 6.00. The first-order valence-corrected chi connectivity index (χ1v) is 10.3. The van der Waals surface area contributed by atoms with Crippen LogP contribution in [0.3, 0.4) is 0 Å². The molecule has 2 aromatic carbocycles. The van der Waals surface area contributed by atoms with Gasteiger partial charge in [0.05, 0.1) is 27.9 Å². The normalized spacial score (nSPS) is 11.0. The van der Waals surface area contributed by atoms with Gasteiger partial charge < -0.3 is 19.5 Å². The molecule has 0 radical (unpaired) electrons. The van der Waals surface area contributed by atoms with Crippen LogP contribution in [-0.2, 0) is 6.54 Å². The van der Waals surface area contributed by atoms with Gasteiger partial charge in [0.25, 0.3) is 5.91 Å². The lowest BCUT2D eigenvalue weighted by Gasteiger charge is -2.16. The number of benzene rings is 2. The molecule has 2 N–H and O–H groups in total. The van der Waals surface area contributed by atoms with Crippen LogP contribution in [0.15, 0.2) is 59.9 Å². The number of nitrogens with zero attached hydrogens (tertiary/aromatic N) is 2. The van der Waals surface area contributed by atoms with Gasteiger partial charge in [0.2, 0.25) is 11.7 Å². The van der Waals surface area contributed by atoms with E-state index in [0.717, 1.165) is 16.8 Å². The van der Waals surface area contributed by atoms with Gasteiger partial charge in [-0.25, -0.2) is 4.99 Å². The van der Waals surface area contributed by atoms with Crippen LogP contribution in [0.5, 0.6) is 17.2 Å². The molecule has 0 unspecified atom stereocenters. The summed E-state index contributed by atoms with van der Waals surface area (Å²) in [5, 5.41) is 6.06. The topological polar surface area (TPSA) is 94.1 Å². The molecule has 0 fully saturated rings. The Hall–Kier alpha value is -4.07. The average molecular weight is 449 g/mol. The van der Waals surface area contributed by atoms with Crippen LogP contribution in [0.25, 0.3) is 0 Å². The van der Waals surface area contributed by atoms with Gasteiger partial charge in [-0.05, 0) is 60.9 Å². The summed E-state index contributed by atoms with van der Waals surface area (Å²) in [6.45, 7) is 4.42. The molecule has 8 heteroatoms. The minimum atomic E-state index is -0.379. The molecule has 1 heterocycles. The zero-order valence-corrected chi connectivity index (χ0v) is 19.4. The van der Waals surface area contributed by atoms with E-state index in [2.05, 4.69) is 20.6 Å². The Kier molecular flexibility index (Phi) is 7.86. The van der Waals surface area contributed by atoms with E-state index < -0.39 is 0 Å². The molecule has 1 amide bonds. The molecule has 0 spiro atoms. The molecule has 0 aliphatic heterocycles. The van der Waals surface area contributed by atoms with Gasteiger partial charge in [-0.3, -0.25) is 15.1 Å². The predicted molar refractivity (Wildman–Crippen MR) is 128 cm³/mol. The highest BCUT2D eigenvalue weighted by Gasteiger charge is 2.18. The van der Waals surface area contributed by atoms with Crippen molar-refractivity contribution >= 4 is 17.6 Å². The number of aromatic nitrogens is 1. The second-order valence-electron chi connectivity index (χ2n) is 7.32. The quantitative estimate of drug-likeness (QED) is 0.417. The fourth-order valence-electron chi connectivity index (χ4n) is 3.12. The number of hydrogen-bond donors (Lipinski definition) is 2. The van der Waals surface area contributed by atoms with Gasteiger partial charge in [0.1, 0.15) is 0 Å². The van der Waals surface area contributed by atoms with E-state index in [1.165, 1.54) is 26.9 Å². The Balaban J connectivity index is 1.90. The van der Waals surface area contributed by atoms with Crippen LogP contribution in [-0.4, -0.2) is 38.2 Å².